The largest absolute Gasteiger partial charge is 0.381 e. The quantitative estimate of drug-likeness (QED) is 0.530. The Morgan fingerprint density at radius 1 is 1.00 bits per heavy atom. The fraction of sp³-hybridized carbons (Fsp3) is 1.00. The van der Waals surface area contributed by atoms with E-state index in [1.165, 1.54) is 44.9 Å². The van der Waals surface area contributed by atoms with E-state index in [9.17, 15) is 0 Å². The zero-order valence-electron chi connectivity index (χ0n) is 11.1. The van der Waals surface area contributed by atoms with Crippen LogP contribution in [0.25, 0.3) is 0 Å². The Morgan fingerprint density at radius 2 is 1.62 bits per heavy atom. The van der Waals surface area contributed by atoms with Gasteiger partial charge in [0.15, 0.2) is 0 Å². The highest BCUT2D eigenvalue weighted by atomic mass is 16.5. The van der Waals surface area contributed by atoms with Crippen molar-refractivity contribution in [1.29, 1.82) is 0 Å². The van der Waals surface area contributed by atoms with E-state index in [1.807, 2.05) is 0 Å². The summed E-state index contributed by atoms with van der Waals surface area (Å²) in [7, 11) is 0. The number of unbranched alkanes of at least 4 members (excludes halogenated alkanes) is 6. The van der Waals surface area contributed by atoms with Crippen LogP contribution >= 0.6 is 0 Å². The van der Waals surface area contributed by atoms with Crippen molar-refractivity contribution in [2.75, 3.05) is 26.4 Å². The molecular weight excluding hydrogens is 200 g/mol. The molecule has 1 aliphatic rings. The van der Waals surface area contributed by atoms with Crippen LogP contribution in [0.15, 0.2) is 0 Å². The standard InChI is InChI=1S/C14H28O2/c1-3-4-5-6-7-8-9-10-15-11-14(2)12-16-13-14/h3-13H2,1-2H3. The van der Waals surface area contributed by atoms with Gasteiger partial charge in [0, 0.05) is 12.0 Å². The monoisotopic (exact) mass is 228 g/mol. The van der Waals surface area contributed by atoms with Gasteiger partial charge in [-0.3, -0.25) is 0 Å². The van der Waals surface area contributed by atoms with E-state index < -0.39 is 0 Å². The molecule has 0 N–H and O–H groups in total. The van der Waals surface area contributed by atoms with Gasteiger partial charge in [-0.1, -0.05) is 52.4 Å². The summed E-state index contributed by atoms with van der Waals surface area (Å²) in [6, 6.07) is 0. The molecule has 0 amide bonds. The maximum atomic E-state index is 5.69. The molecule has 1 fully saturated rings. The van der Waals surface area contributed by atoms with Gasteiger partial charge in [0.1, 0.15) is 0 Å². The Kier molecular flexibility index (Phi) is 7.06. The molecule has 0 saturated carbocycles. The van der Waals surface area contributed by atoms with Crippen LogP contribution < -0.4 is 0 Å². The van der Waals surface area contributed by atoms with E-state index >= 15 is 0 Å². The van der Waals surface area contributed by atoms with Crippen molar-refractivity contribution in [2.24, 2.45) is 5.41 Å². The van der Waals surface area contributed by atoms with Crippen molar-refractivity contribution in [3.05, 3.63) is 0 Å². The molecule has 1 rings (SSSR count). The molecule has 2 nitrogen and oxygen atoms in total. The first-order valence-electron chi connectivity index (χ1n) is 6.92. The van der Waals surface area contributed by atoms with Crippen molar-refractivity contribution in [3.63, 3.8) is 0 Å². The molecule has 0 aromatic rings. The minimum absolute atomic E-state index is 0.321. The minimum Gasteiger partial charge on any atom is -0.381 e. The topological polar surface area (TPSA) is 18.5 Å². The molecule has 0 aromatic carbocycles. The average molecular weight is 228 g/mol. The summed E-state index contributed by atoms with van der Waals surface area (Å²) in [4.78, 5) is 0. The summed E-state index contributed by atoms with van der Waals surface area (Å²) >= 11 is 0. The highest BCUT2D eigenvalue weighted by Gasteiger charge is 2.33. The van der Waals surface area contributed by atoms with Crippen molar-refractivity contribution in [3.8, 4) is 0 Å². The maximum Gasteiger partial charge on any atom is 0.0564 e. The van der Waals surface area contributed by atoms with Gasteiger partial charge in [0.05, 0.1) is 19.8 Å². The summed E-state index contributed by atoms with van der Waals surface area (Å²) < 4.78 is 10.9. The van der Waals surface area contributed by atoms with E-state index in [-0.39, 0.29) is 0 Å². The summed E-state index contributed by atoms with van der Waals surface area (Å²) in [5.74, 6) is 0. The molecule has 0 spiro atoms. The lowest BCUT2D eigenvalue weighted by Gasteiger charge is -2.37. The Hall–Kier alpha value is -0.0800. The third-order valence-corrected chi connectivity index (χ3v) is 3.24. The molecule has 0 aliphatic carbocycles. The Morgan fingerprint density at radius 3 is 2.19 bits per heavy atom. The second kappa shape index (κ2) is 8.08. The van der Waals surface area contributed by atoms with E-state index in [4.69, 9.17) is 9.47 Å². The van der Waals surface area contributed by atoms with Crippen LogP contribution in [0.2, 0.25) is 0 Å². The molecule has 0 aromatic heterocycles. The Labute approximate surface area is 101 Å². The van der Waals surface area contributed by atoms with Gasteiger partial charge in [0.2, 0.25) is 0 Å². The van der Waals surface area contributed by atoms with Crippen LogP contribution in [-0.4, -0.2) is 26.4 Å². The zero-order chi connectivity index (χ0) is 11.7. The van der Waals surface area contributed by atoms with Crippen molar-refractivity contribution >= 4 is 0 Å². The van der Waals surface area contributed by atoms with Crippen LogP contribution in [0, 0.1) is 5.41 Å². The first-order chi connectivity index (χ1) is 7.77. The Bertz CT molecular complexity index is 164. The predicted molar refractivity (Wildman–Crippen MR) is 67.7 cm³/mol. The average Bonchev–Trinajstić information content (AvgIpc) is 2.24. The molecule has 1 saturated heterocycles. The van der Waals surface area contributed by atoms with E-state index in [1.54, 1.807) is 0 Å². The summed E-state index contributed by atoms with van der Waals surface area (Å²) in [5.41, 5.74) is 0.321. The molecule has 0 unspecified atom stereocenters. The van der Waals surface area contributed by atoms with Crippen molar-refractivity contribution in [1.82, 2.24) is 0 Å². The highest BCUT2D eigenvalue weighted by molar-refractivity contribution is 4.79. The third kappa shape index (κ3) is 5.86. The van der Waals surface area contributed by atoms with Gasteiger partial charge in [-0.15, -0.1) is 0 Å². The SMILES string of the molecule is CCCCCCCCCOCC1(C)COC1. The summed E-state index contributed by atoms with van der Waals surface area (Å²) in [6.07, 6.45) is 9.48. The molecule has 96 valence electrons. The molecule has 1 heterocycles. The van der Waals surface area contributed by atoms with Crippen LogP contribution in [0.4, 0.5) is 0 Å². The molecule has 0 bridgehead atoms. The summed E-state index contributed by atoms with van der Waals surface area (Å²) in [6.45, 7) is 8.07. The number of hydrogen-bond donors (Lipinski definition) is 0. The highest BCUT2D eigenvalue weighted by Crippen LogP contribution is 2.26. The first kappa shape index (κ1) is 14.0. The molecule has 0 atom stereocenters. The van der Waals surface area contributed by atoms with Crippen molar-refractivity contribution in [2.45, 2.75) is 58.8 Å². The molecular formula is C14H28O2. The smallest absolute Gasteiger partial charge is 0.0564 e. The van der Waals surface area contributed by atoms with Gasteiger partial charge in [-0.25, -0.2) is 0 Å². The van der Waals surface area contributed by atoms with Crippen LogP contribution in [-0.2, 0) is 9.47 Å². The lowest BCUT2D eigenvalue weighted by molar-refractivity contribution is -0.137. The van der Waals surface area contributed by atoms with E-state index in [0.29, 0.717) is 5.41 Å². The second-order valence-corrected chi connectivity index (χ2v) is 5.48. The van der Waals surface area contributed by atoms with E-state index in [0.717, 1.165) is 26.4 Å². The van der Waals surface area contributed by atoms with Gasteiger partial charge in [-0.05, 0) is 6.42 Å². The zero-order valence-corrected chi connectivity index (χ0v) is 11.1. The van der Waals surface area contributed by atoms with Crippen LogP contribution in [0.5, 0.6) is 0 Å². The predicted octanol–water partition coefficient (Wildman–Crippen LogP) is 3.79. The van der Waals surface area contributed by atoms with Gasteiger partial charge < -0.3 is 9.47 Å². The van der Waals surface area contributed by atoms with Crippen LogP contribution in [0.1, 0.15) is 58.8 Å². The molecule has 1 aliphatic heterocycles. The molecule has 0 radical (unpaired) electrons. The normalized spacial score (nSPS) is 18.4. The van der Waals surface area contributed by atoms with Gasteiger partial charge >= 0.3 is 0 Å². The number of hydrogen-bond acceptors (Lipinski definition) is 2. The third-order valence-electron chi connectivity index (χ3n) is 3.24. The van der Waals surface area contributed by atoms with Gasteiger partial charge in [-0.2, -0.15) is 0 Å². The first-order valence-corrected chi connectivity index (χ1v) is 6.92. The minimum atomic E-state index is 0.321. The lowest BCUT2D eigenvalue weighted by atomic mass is 9.90. The number of ether oxygens (including phenoxy) is 2. The van der Waals surface area contributed by atoms with Crippen LogP contribution in [0.3, 0.4) is 0 Å². The maximum absolute atomic E-state index is 5.69. The van der Waals surface area contributed by atoms with E-state index in [2.05, 4.69) is 13.8 Å². The Balaban J connectivity index is 1.74. The van der Waals surface area contributed by atoms with Crippen molar-refractivity contribution < 1.29 is 9.47 Å². The number of rotatable bonds is 10. The molecule has 16 heavy (non-hydrogen) atoms. The van der Waals surface area contributed by atoms with Gasteiger partial charge in [0.25, 0.3) is 0 Å². The second-order valence-electron chi connectivity index (χ2n) is 5.48. The fourth-order valence-electron chi connectivity index (χ4n) is 2.01. The fourth-order valence-corrected chi connectivity index (χ4v) is 2.01. The molecule has 2 heteroatoms. The summed E-state index contributed by atoms with van der Waals surface area (Å²) in [5, 5.41) is 0. The lowest BCUT2D eigenvalue weighted by Crippen LogP contribution is -2.43.